The molecule has 1 N–H and O–H groups in total. The van der Waals surface area contributed by atoms with Crippen molar-refractivity contribution < 1.29 is 23.8 Å². The maximum Gasteiger partial charge on any atom is 0.259 e. The lowest BCUT2D eigenvalue weighted by Crippen LogP contribution is -2.48. The van der Waals surface area contributed by atoms with E-state index in [-0.39, 0.29) is 24.0 Å². The molecule has 2 amide bonds. The summed E-state index contributed by atoms with van der Waals surface area (Å²) < 4.78 is 16.2. The Kier molecular flexibility index (Phi) is 6.62. The Morgan fingerprint density at radius 1 is 1.03 bits per heavy atom. The average molecular weight is 412 g/mol. The van der Waals surface area contributed by atoms with Gasteiger partial charge in [-0.05, 0) is 56.7 Å². The number of nitrogens with zero attached hydrogens (tertiary/aromatic N) is 1. The Hall–Kier alpha value is -3.06. The van der Waals surface area contributed by atoms with Gasteiger partial charge in [0.15, 0.2) is 0 Å². The van der Waals surface area contributed by atoms with Crippen molar-refractivity contribution in [3.8, 4) is 11.5 Å². The van der Waals surface area contributed by atoms with Crippen LogP contribution in [0, 0.1) is 6.92 Å². The van der Waals surface area contributed by atoms with E-state index < -0.39 is 0 Å². The molecule has 0 spiro atoms. The molecule has 0 aromatic heterocycles. The van der Waals surface area contributed by atoms with E-state index in [0.717, 1.165) is 5.56 Å². The molecule has 2 aromatic carbocycles. The van der Waals surface area contributed by atoms with E-state index in [1.54, 1.807) is 35.2 Å². The van der Waals surface area contributed by atoms with Gasteiger partial charge in [0.25, 0.3) is 11.8 Å². The number of aryl methyl sites for hydroxylation is 1. The Morgan fingerprint density at radius 2 is 1.73 bits per heavy atom. The van der Waals surface area contributed by atoms with Crippen LogP contribution in [-0.4, -0.2) is 56.2 Å². The van der Waals surface area contributed by atoms with Gasteiger partial charge in [-0.15, -0.1) is 0 Å². The molecule has 0 radical (unpaired) electrons. The third-order valence-electron chi connectivity index (χ3n) is 5.09. The summed E-state index contributed by atoms with van der Waals surface area (Å²) in [4.78, 5) is 27.7. The van der Waals surface area contributed by atoms with Crippen LogP contribution in [0.5, 0.6) is 11.5 Å². The zero-order valence-electron chi connectivity index (χ0n) is 18.0. The number of carbonyl (C=O) groups excluding carboxylic acids is 2. The summed E-state index contributed by atoms with van der Waals surface area (Å²) in [5, 5.41) is 2.90. The van der Waals surface area contributed by atoms with Gasteiger partial charge < -0.3 is 24.4 Å². The lowest BCUT2D eigenvalue weighted by Gasteiger charge is -2.35. The second kappa shape index (κ2) is 9.17. The van der Waals surface area contributed by atoms with Crippen LogP contribution in [0.4, 0.5) is 5.69 Å². The fraction of sp³-hybridized carbons (Fsp3) is 0.391. The highest BCUT2D eigenvalue weighted by Crippen LogP contribution is 2.26. The molecule has 1 aliphatic rings. The molecular formula is C23H28N2O5. The van der Waals surface area contributed by atoms with E-state index in [2.05, 4.69) is 5.32 Å². The highest BCUT2D eigenvalue weighted by Gasteiger charge is 2.27. The van der Waals surface area contributed by atoms with E-state index in [4.69, 9.17) is 14.2 Å². The molecule has 7 nitrogen and oxygen atoms in total. The lowest BCUT2D eigenvalue weighted by molar-refractivity contribution is -0.0586. The number of hydrogen-bond acceptors (Lipinski definition) is 5. The van der Waals surface area contributed by atoms with Crippen molar-refractivity contribution in [1.82, 2.24) is 4.90 Å². The van der Waals surface area contributed by atoms with Crippen LogP contribution in [0.15, 0.2) is 36.4 Å². The standard InChI is InChI=1S/C23H28N2O5/c1-14-6-7-17(23(27)25-12-15(2)30-16(3)13-25)10-20(14)24-22(26)19-11-18(28-4)8-9-21(19)29-5/h6-11,15-16H,12-13H2,1-5H3,(H,24,26)/t15-,16+. The number of rotatable bonds is 5. The van der Waals surface area contributed by atoms with Gasteiger partial charge in [0, 0.05) is 24.3 Å². The zero-order valence-corrected chi connectivity index (χ0v) is 18.0. The van der Waals surface area contributed by atoms with Crippen LogP contribution < -0.4 is 14.8 Å². The number of nitrogens with one attached hydrogen (secondary N) is 1. The summed E-state index contributed by atoms with van der Waals surface area (Å²) >= 11 is 0. The Bertz CT molecular complexity index is 933. The maximum atomic E-state index is 13.0. The predicted octanol–water partition coefficient (Wildman–Crippen LogP) is 3.51. The number of ether oxygens (including phenoxy) is 3. The minimum Gasteiger partial charge on any atom is -0.497 e. The summed E-state index contributed by atoms with van der Waals surface area (Å²) in [5.41, 5.74) is 2.30. The van der Waals surface area contributed by atoms with E-state index in [9.17, 15) is 9.59 Å². The van der Waals surface area contributed by atoms with Gasteiger partial charge in [0.05, 0.1) is 32.0 Å². The van der Waals surface area contributed by atoms with Crippen molar-refractivity contribution in [1.29, 1.82) is 0 Å². The van der Waals surface area contributed by atoms with Gasteiger partial charge in [-0.1, -0.05) is 6.07 Å². The van der Waals surface area contributed by atoms with Gasteiger partial charge in [-0.25, -0.2) is 0 Å². The summed E-state index contributed by atoms with van der Waals surface area (Å²) in [7, 11) is 3.05. The van der Waals surface area contributed by atoms with Gasteiger partial charge in [-0.3, -0.25) is 9.59 Å². The predicted molar refractivity (Wildman–Crippen MR) is 115 cm³/mol. The van der Waals surface area contributed by atoms with Crippen LogP contribution in [0.2, 0.25) is 0 Å². The molecule has 1 fully saturated rings. The molecule has 1 saturated heterocycles. The van der Waals surface area contributed by atoms with E-state index in [1.807, 2.05) is 26.8 Å². The largest absolute Gasteiger partial charge is 0.497 e. The number of anilines is 1. The van der Waals surface area contributed by atoms with Crippen molar-refractivity contribution in [3.05, 3.63) is 53.1 Å². The summed E-state index contributed by atoms with van der Waals surface area (Å²) in [6.07, 6.45) is -0.0225. The minimum atomic E-state index is -0.341. The molecule has 160 valence electrons. The van der Waals surface area contributed by atoms with Crippen LogP contribution in [0.1, 0.15) is 40.1 Å². The summed E-state index contributed by atoms with van der Waals surface area (Å²) in [5.74, 6) is 0.574. The molecule has 0 aliphatic carbocycles. The first kappa shape index (κ1) is 21.6. The van der Waals surface area contributed by atoms with Gasteiger partial charge >= 0.3 is 0 Å². The van der Waals surface area contributed by atoms with Gasteiger partial charge in [0.2, 0.25) is 0 Å². The molecular weight excluding hydrogens is 384 g/mol. The molecule has 0 bridgehead atoms. The van der Waals surface area contributed by atoms with Crippen LogP contribution in [0.25, 0.3) is 0 Å². The highest BCUT2D eigenvalue weighted by atomic mass is 16.5. The summed E-state index contributed by atoms with van der Waals surface area (Å²) in [6.45, 7) is 6.88. The Morgan fingerprint density at radius 3 is 2.37 bits per heavy atom. The van der Waals surface area contributed by atoms with Crippen molar-refractivity contribution in [3.63, 3.8) is 0 Å². The van der Waals surface area contributed by atoms with Crippen molar-refractivity contribution >= 4 is 17.5 Å². The first-order valence-electron chi connectivity index (χ1n) is 9.91. The van der Waals surface area contributed by atoms with Crippen LogP contribution in [-0.2, 0) is 4.74 Å². The normalized spacial score (nSPS) is 18.6. The van der Waals surface area contributed by atoms with Crippen molar-refractivity contribution in [2.24, 2.45) is 0 Å². The number of benzene rings is 2. The highest BCUT2D eigenvalue weighted by molar-refractivity contribution is 6.07. The van der Waals surface area contributed by atoms with Crippen LogP contribution in [0.3, 0.4) is 0 Å². The Labute approximate surface area is 176 Å². The Balaban J connectivity index is 1.84. The molecule has 0 unspecified atom stereocenters. The minimum absolute atomic E-state index is 0.0113. The number of hydrogen-bond donors (Lipinski definition) is 1. The third kappa shape index (κ3) is 4.74. The number of amides is 2. The second-order valence-corrected chi connectivity index (χ2v) is 7.52. The molecule has 2 aromatic rings. The molecule has 2 atom stereocenters. The van der Waals surface area contributed by atoms with Gasteiger partial charge in [-0.2, -0.15) is 0 Å². The average Bonchev–Trinajstić information content (AvgIpc) is 2.73. The van der Waals surface area contributed by atoms with Crippen molar-refractivity contribution in [2.75, 3.05) is 32.6 Å². The molecule has 1 aliphatic heterocycles. The third-order valence-corrected chi connectivity index (χ3v) is 5.09. The van der Waals surface area contributed by atoms with Crippen LogP contribution >= 0.6 is 0 Å². The van der Waals surface area contributed by atoms with E-state index in [1.165, 1.54) is 14.2 Å². The molecule has 30 heavy (non-hydrogen) atoms. The number of carbonyl (C=O) groups is 2. The summed E-state index contributed by atoms with van der Waals surface area (Å²) in [6, 6.07) is 10.4. The van der Waals surface area contributed by atoms with Crippen molar-refractivity contribution in [2.45, 2.75) is 33.0 Å². The maximum absolute atomic E-state index is 13.0. The SMILES string of the molecule is COc1ccc(OC)c(C(=O)Nc2cc(C(=O)N3C[C@@H](C)O[C@@H](C)C3)ccc2C)c1. The first-order valence-corrected chi connectivity index (χ1v) is 9.91. The monoisotopic (exact) mass is 412 g/mol. The fourth-order valence-corrected chi connectivity index (χ4v) is 3.60. The van der Waals surface area contributed by atoms with Gasteiger partial charge in [0.1, 0.15) is 11.5 Å². The second-order valence-electron chi connectivity index (χ2n) is 7.52. The molecule has 1 heterocycles. The zero-order chi connectivity index (χ0) is 21.8. The number of morpholine rings is 1. The fourth-order valence-electron chi connectivity index (χ4n) is 3.60. The number of methoxy groups -OCH3 is 2. The first-order chi connectivity index (χ1) is 14.3. The van der Waals surface area contributed by atoms with E-state index in [0.29, 0.717) is 41.4 Å². The smallest absolute Gasteiger partial charge is 0.259 e. The topological polar surface area (TPSA) is 77.1 Å². The quantitative estimate of drug-likeness (QED) is 0.813. The lowest BCUT2D eigenvalue weighted by atomic mass is 10.1. The molecule has 7 heteroatoms. The molecule has 3 rings (SSSR count). The molecule has 0 saturated carbocycles. The van der Waals surface area contributed by atoms with E-state index >= 15 is 0 Å².